The highest BCUT2D eigenvalue weighted by Gasteiger charge is 2.31. The van der Waals surface area contributed by atoms with Crippen LogP contribution in [-0.2, 0) is 0 Å². The molecule has 1 heterocycles. The molecule has 1 aliphatic carbocycles. The van der Waals surface area contributed by atoms with Gasteiger partial charge in [0.2, 0.25) is 0 Å². The lowest BCUT2D eigenvalue weighted by molar-refractivity contribution is 0.238. The minimum absolute atomic E-state index is 0.257. The lowest BCUT2D eigenvalue weighted by Gasteiger charge is -2.35. The van der Waals surface area contributed by atoms with Gasteiger partial charge in [0.15, 0.2) is 0 Å². The number of aryl methyl sites for hydroxylation is 2. The first-order chi connectivity index (χ1) is 8.63. The average molecular weight is 268 g/mol. The van der Waals surface area contributed by atoms with E-state index in [2.05, 4.69) is 15.3 Å². The van der Waals surface area contributed by atoms with E-state index in [1.165, 1.54) is 32.1 Å². The molecule has 4 heteroatoms. The number of halogens is 1. The molecule has 1 N–H and O–H groups in total. The van der Waals surface area contributed by atoms with Crippen molar-refractivity contribution in [1.29, 1.82) is 0 Å². The first-order valence-corrected chi connectivity index (χ1v) is 7.29. The van der Waals surface area contributed by atoms with Crippen LogP contribution in [0.5, 0.6) is 0 Å². The predicted octanol–water partition coefficient (Wildman–Crippen LogP) is 3.69. The van der Waals surface area contributed by atoms with Gasteiger partial charge in [-0.05, 0) is 26.7 Å². The van der Waals surface area contributed by atoms with Gasteiger partial charge in [0, 0.05) is 29.6 Å². The smallest absolute Gasteiger partial charge is 0.129 e. The zero-order valence-electron chi connectivity index (χ0n) is 11.3. The van der Waals surface area contributed by atoms with Crippen molar-refractivity contribution in [1.82, 2.24) is 9.97 Å². The fraction of sp³-hybridized carbons (Fsp3) is 0.714. The molecule has 100 valence electrons. The number of aromatic nitrogens is 2. The van der Waals surface area contributed by atoms with E-state index in [0.717, 1.165) is 29.8 Å². The Morgan fingerprint density at radius 2 is 1.94 bits per heavy atom. The quantitative estimate of drug-likeness (QED) is 0.846. The predicted molar refractivity (Wildman–Crippen MR) is 76.2 cm³/mol. The van der Waals surface area contributed by atoms with Gasteiger partial charge in [0.05, 0.1) is 0 Å². The Labute approximate surface area is 114 Å². The van der Waals surface area contributed by atoms with Crippen molar-refractivity contribution >= 4 is 17.4 Å². The number of anilines is 1. The summed E-state index contributed by atoms with van der Waals surface area (Å²) in [5.74, 6) is 2.49. The lowest BCUT2D eigenvalue weighted by atomic mass is 9.75. The van der Waals surface area contributed by atoms with Gasteiger partial charge >= 0.3 is 0 Å². The molecule has 0 unspecified atom stereocenters. The summed E-state index contributed by atoms with van der Waals surface area (Å²) < 4.78 is 0. The second-order valence-electron chi connectivity index (χ2n) is 5.49. The normalized spacial score (nSPS) is 18.6. The molecule has 0 bridgehead atoms. The van der Waals surface area contributed by atoms with Crippen LogP contribution in [0, 0.1) is 19.3 Å². The number of rotatable bonds is 4. The van der Waals surface area contributed by atoms with Gasteiger partial charge in [0.1, 0.15) is 11.6 Å². The van der Waals surface area contributed by atoms with Gasteiger partial charge in [-0.1, -0.05) is 19.3 Å². The van der Waals surface area contributed by atoms with Crippen molar-refractivity contribution < 1.29 is 0 Å². The molecule has 1 aliphatic rings. The first-order valence-electron chi connectivity index (χ1n) is 6.76. The fourth-order valence-electron chi connectivity index (χ4n) is 2.74. The van der Waals surface area contributed by atoms with Gasteiger partial charge in [-0.25, -0.2) is 9.97 Å². The summed E-state index contributed by atoms with van der Waals surface area (Å²) in [5.41, 5.74) is 1.26. The molecule has 0 atom stereocenters. The van der Waals surface area contributed by atoms with E-state index in [1.54, 1.807) is 0 Å². The number of alkyl halides is 1. The van der Waals surface area contributed by atoms with Crippen molar-refractivity contribution in [3.63, 3.8) is 0 Å². The largest absolute Gasteiger partial charge is 0.369 e. The van der Waals surface area contributed by atoms with Crippen LogP contribution < -0.4 is 5.32 Å². The standard InChI is InChI=1S/C14H22ClN3/c1-11-8-13(18-12(2)17-11)16-10-14(9-15)6-4-3-5-7-14/h8H,3-7,9-10H2,1-2H3,(H,16,17,18). The molecule has 1 fully saturated rings. The van der Waals surface area contributed by atoms with E-state index in [0.29, 0.717) is 0 Å². The molecule has 0 aromatic carbocycles. The molecule has 0 aliphatic heterocycles. The Morgan fingerprint density at radius 1 is 1.22 bits per heavy atom. The maximum Gasteiger partial charge on any atom is 0.129 e. The Kier molecular flexibility index (Phi) is 4.44. The van der Waals surface area contributed by atoms with E-state index < -0.39 is 0 Å². The zero-order valence-corrected chi connectivity index (χ0v) is 12.1. The summed E-state index contributed by atoms with van der Waals surface area (Å²) in [6, 6.07) is 2.00. The molecule has 18 heavy (non-hydrogen) atoms. The third-order valence-corrected chi connectivity index (χ3v) is 4.38. The molecule has 0 radical (unpaired) electrons. The van der Waals surface area contributed by atoms with E-state index >= 15 is 0 Å². The van der Waals surface area contributed by atoms with Crippen LogP contribution in [-0.4, -0.2) is 22.4 Å². The van der Waals surface area contributed by atoms with E-state index in [9.17, 15) is 0 Å². The Morgan fingerprint density at radius 3 is 2.56 bits per heavy atom. The van der Waals surface area contributed by atoms with Crippen LogP contribution in [0.25, 0.3) is 0 Å². The van der Waals surface area contributed by atoms with Crippen molar-refractivity contribution in [2.45, 2.75) is 46.0 Å². The number of hydrogen-bond donors (Lipinski definition) is 1. The summed E-state index contributed by atoms with van der Waals surface area (Å²) in [6.45, 7) is 4.85. The molecule has 1 aromatic heterocycles. The SMILES string of the molecule is Cc1cc(NCC2(CCl)CCCCC2)nc(C)n1. The summed E-state index contributed by atoms with van der Waals surface area (Å²) in [5, 5.41) is 3.45. The molecular weight excluding hydrogens is 246 g/mol. The van der Waals surface area contributed by atoms with Crippen LogP contribution in [0.4, 0.5) is 5.82 Å². The van der Waals surface area contributed by atoms with Crippen molar-refractivity contribution in [2.24, 2.45) is 5.41 Å². The molecule has 1 saturated carbocycles. The highest BCUT2D eigenvalue weighted by molar-refractivity contribution is 6.18. The third-order valence-electron chi connectivity index (χ3n) is 3.81. The number of nitrogens with zero attached hydrogens (tertiary/aromatic N) is 2. The maximum absolute atomic E-state index is 6.19. The maximum atomic E-state index is 6.19. The summed E-state index contributed by atoms with van der Waals surface area (Å²) in [7, 11) is 0. The summed E-state index contributed by atoms with van der Waals surface area (Å²) in [4.78, 5) is 8.71. The minimum Gasteiger partial charge on any atom is -0.369 e. The zero-order chi connectivity index (χ0) is 13.0. The minimum atomic E-state index is 0.257. The molecular formula is C14H22ClN3. The first kappa shape index (κ1) is 13.6. The number of nitrogens with one attached hydrogen (secondary N) is 1. The Balaban J connectivity index is 2.00. The fourth-order valence-corrected chi connectivity index (χ4v) is 3.11. The molecule has 3 nitrogen and oxygen atoms in total. The van der Waals surface area contributed by atoms with Crippen LogP contribution in [0.3, 0.4) is 0 Å². The monoisotopic (exact) mass is 267 g/mol. The number of hydrogen-bond acceptors (Lipinski definition) is 3. The molecule has 0 saturated heterocycles. The Hall–Kier alpha value is -0.830. The van der Waals surface area contributed by atoms with Crippen LogP contribution in [0.1, 0.15) is 43.6 Å². The van der Waals surface area contributed by atoms with Gasteiger partial charge < -0.3 is 5.32 Å². The van der Waals surface area contributed by atoms with Crippen LogP contribution >= 0.6 is 11.6 Å². The highest BCUT2D eigenvalue weighted by atomic mass is 35.5. The average Bonchev–Trinajstić information content (AvgIpc) is 2.36. The van der Waals surface area contributed by atoms with E-state index in [-0.39, 0.29) is 5.41 Å². The van der Waals surface area contributed by atoms with Gasteiger partial charge in [0.25, 0.3) is 0 Å². The van der Waals surface area contributed by atoms with E-state index in [4.69, 9.17) is 11.6 Å². The Bertz CT molecular complexity index is 380. The molecule has 1 aromatic rings. The van der Waals surface area contributed by atoms with Crippen molar-refractivity contribution in [2.75, 3.05) is 17.7 Å². The molecule has 2 rings (SSSR count). The third kappa shape index (κ3) is 3.35. The second-order valence-corrected chi connectivity index (χ2v) is 5.76. The van der Waals surface area contributed by atoms with Crippen LogP contribution in [0.15, 0.2) is 6.07 Å². The van der Waals surface area contributed by atoms with Gasteiger partial charge in [-0.2, -0.15) is 0 Å². The molecule has 0 amide bonds. The molecule has 0 spiro atoms. The summed E-state index contributed by atoms with van der Waals surface area (Å²) in [6.07, 6.45) is 6.41. The van der Waals surface area contributed by atoms with Crippen molar-refractivity contribution in [3.8, 4) is 0 Å². The lowest BCUT2D eigenvalue weighted by Crippen LogP contribution is -2.34. The summed E-state index contributed by atoms with van der Waals surface area (Å²) >= 11 is 6.19. The highest BCUT2D eigenvalue weighted by Crippen LogP contribution is 2.37. The van der Waals surface area contributed by atoms with Gasteiger partial charge in [-0.3, -0.25) is 0 Å². The van der Waals surface area contributed by atoms with Crippen molar-refractivity contribution in [3.05, 3.63) is 17.6 Å². The van der Waals surface area contributed by atoms with Crippen LogP contribution in [0.2, 0.25) is 0 Å². The van der Waals surface area contributed by atoms with E-state index in [1.807, 2.05) is 19.9 Å². The van der Waals surface area contributed by atoms with Gasteiger partial charge in [-0.15, -0.1) is 11.6 Å². The topological polar surface area (TPSA) is 37.8 Å². The second kappa shape index (κ2) is 5.87.